The Morgan fingerprint density at radius 2 is 1.81 bits per heavy atom. The third-order valence-corrected chi connectivity index (χ3v) is 5.50. The number of amides is 3. The first-order valence-electron chi connectivity index (χ1n) is 9.49. The van der Waals surface area contributed by atoms with Gasteiger partial charge in [0.1, 0.15) is 6.04 Å². The molecule has 3 heterocycles. The van der Waals surface area contributed by atoms with E-state index in [1.165, 1.54) is 0 Å². The van der Waals surface area contributed by atoms with E-state index in [1.54, 1.807) is 4.90 Å². The van der Waals surface area contributed by atoms with Gasteiger partial charge in [0.2, 0.25) is 11.8 Å². The second kappa shape index (κ2) is 7.06. The van der Waals surface area contributed by atoms with E-state index < -0.39 is 6.04 Å². The number of aromatic amines is 1. The quantitative estimate of drug-likeness (QED) is 0.841. The number of nitrogens with zero attached hydrogens (tertiary/aromatic N) is 2. The van der Waals surface area contributed by atoms with Gasteiger partial charge in [0.25, 0.3) is 5.91 Å². The van der Waals surface area contributed by atoms with Crippen molar-refractivity contribution in [2.75, 3.05) is 26.2 Å². The summed E-state index contributed by atoms with van der Waals surface area (Å²) in [4.78, 5) is 44.1. The van der Waals surface area contributed by atoms with Crippen molar-refractivity contribution in [1.29, 1.82) is 0 Å². The lowest BCUT2D eigenvalue weighted by molar-refractivity contribution is -0.134. The van der Waals surface area contributed by atoms with Crippen molar-refractivity contribution >= 4 is 28.6 Å². The van der Waals surface area contributed by atoms with Crippen molar-refractivity contribution in [3.05, 3.63) is 35.5 Å². The standard InChI is InChI=1S/C20H24N4O3/c1-13-18(14-5-2-3-6-15(14)21-13)20(27)24-10-4-9-23(11-12-24)19(26)16-7-8-17(25)22-16/h2-3,5-6,16,21H,4,7-12H2,1H3,(H,22,25). The minimum atomic E-state index is -0.407. The van der Waals surface area contributed by atoms with Crippen molar-refractivity contribution in [1.82, 2.24) is 20.1 Å². The molecule has 7 heteroatoms. The van der Waals surface area contributed by atoms with Crippen LogP contribution in [0.1, 0.15) is 35.3 Å². The lowest BCUT2D eigenvalue weighted by Crippen LogP contribution is -2.46. The molecule has 0 saturated carbocycles. The zero-order valence-corrected chi connectivity index (χ0v) is 15.5. The number of carbonyl (C=O) groups is 3. The van der Waals surface area contributed by atoms with Crippen LogP contribution in [0.3, 0.4) is 0 Å². The molecule has 0 spiro atoms. The molecule has 7 nitrogen and oxygen atoms in total. The van der Waals surface area contributed by atoms with E-state index in [4.69, 9.17) is 0 Å². The lowest BCUT2D eigenvalue weighted by Gasteiger charge is -2.24. The molecule has 0 bridgehead atoms. The highest BCUT2D eigenvalue weighted by atomic mass is 16.2. The van der Waals surface area contributed by atoms with Crippen LogP contribution in [-0.4, -0.2) is 64.7 Å². The molecule has 1 aromatic heterocycles. The second-order valence-electron chi connectivity index (χ2n) is 7.30. The van der Waals surface area contributed by atoms with E-state index in [0.29, 0.717) is 44.6 Å². The Bertz CT molecular complexity index is 904. The number of H-pyrrole nitrogens is 1. The van der Waals surface area contributed by atoms with Crippen LogP contribution in [0.25, 0.3) is 10.9 Å². The van der Waals surface area contributed by atoms with Gasteiger partial charge in [0, 0.05) is 49.2 Å². The van der Waals surface area contributed by atoms with Gasteiger partial charge in [-0.05, 0) is 25.8 Å². The molecule has 1 atom stereocenters. The number of aromatic nitrogens is 1. The number of fused-ring (bicyclic) bond motifs is 1. The molecule has 27 heavy (non-hydrogen) atoms. The normalized spacial score (nSPS) is 20.6. The third-order valence-electron chi connectivity index (χ3n) is 5.50. The molecule has 0 radical (unpaired) electrons. The molecular formula is C20H24N4O3. The van der Waals surface area contributed by atoms with Crippen molar-refractivity contribution < 1.29 is 14.4 Å². The SMILES string of the molecule is Cc1[nH]c2ccccc2c1C(=O)N1CCCN(C(=O)C2CCC(=O)N2)CC1. The van der Waals surface area contributed by atoms with Crippen LogP contribution >= 0.6 is 0 Å². The molecule has 2 aliphatic rings. The highest BCUT2D eigenvalue weighted by Gasteiger charge is 2.32. The topological polar surface area (TPSA) is 85.5 Å². The Labute approximate surface area is 157 Å². The molecule has 2 fully saturated rings. The number of carbonyl (C=O) groups excluding carboxylic acids is 3. The molecule has 2 aromatic rings. The van der Waals surface area contributed by atoms with Gasteiger partial charge < -0.3 is 20.1 Å². The Morgan fingerprint density at radius 1 is 1.07 bits per heavy atom. The maximum Gasteiger partial charge on any atom is 0.256 e. The number of benzene rings is 1. The molecule has 2 saturated heterocycles. The van der Waals surface area contributed by atoms with Gasteiger partial charge in [-0.1, -0.05) is 18.2 Å². The van der Waals surface area contributed by atoms with E-state index in [-0.39, 0.29) is 17.7 Å². The van der Waals surface area contributed by atoms with Crippen LogP contribution in [-0.2, 0) is 9.59 Å². The summed E-state index contributed by atoms with van der Waals surface area (Å²) in [6.07, 6.45) is 1.71. The molecule has 142 valence electrons. The van der Waals surface area contributed by atoms with Crippen LogP contribution in [0.5, 0.6) is 0 Å². The van der Waals surface area contributed by atoms with Gasteiger partial charge in [0.15, 0.2) is 0 Å². The maximum absolute atomic E-state index is 13.2. The summed E-state index contributed by atoms with van der Waals surface area (Å²) in [5.41, 5.74) is 2.54. The monoisotopic (exact) mass is 368 g/mol. The highest BCUT2D eigenvalue weighted by molar-refractivity contribution is 6.08. The number of hydrogen-bond acceptors (Lipinski definition) is 3. The van der Waals surface area contributed by atoms with Gasteiger partial charge in [0.05, 0.1) is 5.56 Å². The Balaban J connectivity index is 1.48. The minimum Gasteiger partial charge on any atom is -0.358 e. The summed E-state index contributed by atoms with van der Waals surface area (Å²) >= 11 is 0. The van der Waals surface area contributed by atoms with Crippen LogP contribution in [0.15, 0.2) is 24.3 Å². The summed E-state index contributed by atoms with van der Waals surface area (Å²) in [6, 6.07) is 7.41. The van der Waals surface area contributed by atoms with Gasteiger partial charge in [-0.2, -0.15) is 0 Å². The van der Waals surface area contributed by atoms with Crippen molar-refractivity contribution in [2.24, 2.45) is 0 Å². The van der Waals surface area contributed by atoms with Gasteiger partial charge in [-0.25, -0.2) is 0 Å². The zero-order chi connectivity index (χ0) is 19.0. The smallest absolute Gasteiger partial charge is 0.256 e. The summed E-state index contributed by atoms with van der Waals surface area (Å²) in [5.74, 6) is -0.0818. The van der Waals surface area contributed by atoms with E-state index in [9.17, 15) is 14.4 Å². The number of nitrogens with one attached hydrogen (secondary N) is 2. The van der Waals surface area contributed by atoms with Crippen LogP contribution < -0.4 is 5.32 Å². The van der Waals surface area contributed by atoms with E-state index in [1.807, 2.05) is 36.1 Å². The maximum atomic E-state index is 13.2. The number of para-hydroxylation sites is 1. The molecule has 4 rings (SSSR count). The molecular weight excluding hydrogens is 344 g/mol. The fourth-order valence-electron chi connectivity index (χ4n) is 4.07. The van der Waals surface area contributed by atoms with E-state index >= 15 is 0 Å². The van der Waals surface area contributed by atoms with Crippen molar-refractivity contribution in [2.45, 2.75) is 32.2 Å². The summed E-state index contributed by atoms with van der Waals surface area (Å²) in [5, 5.41) is 3.68. The van der Waals surface area contributed by atoms with Gasteiger partial charge in [-0.3, -0.25) is 14.4 Å². The lowest BCUT2D eigenvalue weighted by atomic mass is 10.1. The van der Waals surface area contributed by atoms with Crippen LogP contribution in [0, 0.1) is 6.92 Å². The first kappa shape index (κ1) is 17.6. The third kappa shape index (κ3) is 3.29. The average Bonchev–Trinajstić information content (AvgIpc) is 3.13. The Morgan fingerprint density at radius 3 is 2.59 bits per heavy atom. The molecule has 2 aliphatic heterocycles. The largest absolute Gasteiger partial charge is 0.358 e. The molecule has 1 unspecified atom stereocenters. The number of rotatable bonds is 2. The molecule has 2 N–H and O–H groups in total. The van der Waals surface area contributed by atoms with Crippen LogP contribution in [0.2, 0.25) is 0 Å². The summed E-state index contributed by atoms with van der Waals surface area (Å²) < 4.78 is 0. The first-order valence-corrected chi connectivity index (χ1v) is 9.49. The summed E-state index contributed by atoms with van der Waals surface area (Å²) in [6.45, 7) is 4.16. The Kier molecular flexibility index (Phi) is 4.59. The summed E-state index contributed by atoms with van der Waals surface area (Å²) in [7, 11) is 0. The van der Waals surface area contributed by atoms with Gasteiger partial charge >= 0.3 is 0 Å². The Hall–Kier alpha value is -2.83. The second-order valence-corrected chi connectivity index (χ2v) is 7.30. The fourth-order valence-corrected chi connectivity index (χ4v) is 4.07. The van der Waals surface area contributed by atoms with Crippen molar-refractivity contribution in [3.8, 4) is 0 Å². The zero-order valence-electron chi connectivity index (χ0n) is 15.5. The number of hydrogen-bond donors (Lipinski definition) is 2. The molecule has 0 aliphatic carbocycles. The molecule has 3 amide bonds. The predicted octanol–water partition coefficient (Wildman–Crippen LogP) is 1.43. The molecule has 1 aromatic carbocycles. The fraction of sp³-hybridized carbons (Fsp3) is 0.450. The minimum absolute atomic E-state index is 0.00779. The first-order chi connectivity index (χ1) is 13.0. The van der Waals surface area contributed by atoms with Crippen LogP contribution in [0.4, 0.5) is 0 Å². The number of aryl methyl sites for hydroxylation is 1. The van der Waals surface area contributed by atoms with E-state index in [2.05, 4.69) is 10.3 Å². The average molecular weight is 368 g/mol. The van der Waals surface area contributed by atoms with E-state index in [0.717, 1.165) is 23.0 Å². The van der Waals surface area contributed by atoms with Gasteiger partial charge in [-0.15, -0.1) is 0 Å². The highest BCUT2D eigenvalue weighted by Crippen LogP contribution is 2.24. The predicted molar refractivity (Wildman–Crippen MR) is 101 cm³/mol. The van der Waals surface area contributed by atoms with Crippen molar-refractivity contribution in [3.63, 3.8) is 0 Å².